The number of carboxylic acid groups (broad SMARTS) is 1. The maximum Gasteiger partial charge on any atom is 0.314 e. The number of ether oxygens (including phenoxy) is 1. The molecule has 1 aromatic carbocycles. The number of aliphatic carboxylic acids is 1. The van der Waals surface area contributed by atoms with Crippen molar-refractivity contribution in [3.8, 4) is 0 Å². The monoisotopic (exact) mass is 346 g/mol. The van der Waals surface area contributed by atoms with Gasteiger partial charge in [0.15, 0.2) is 0 Å². The predicted octanol–water partition coefficient (Wildman–Crippen LogP) is 4.73. The molecule has 0 aliphatic carbocycles. The lowest BCUT2D eigenvalue weighted by molar-refractivity contribution is -0.155. The van der Waals surface area contributed by atoms with Crippen LogP contribution in [0.1, 0.15) is 58.9 Å². The Balaban J connectivity index is 2.69. The SMILES string of the molecule is C=C[C@@H](CCCCC(=O)OC(C)(C)C)[C@](C)(C(=O)O)c1ccccc1. The maximum atomic E-state index is 12.0. The molecular weight excluding hydrogens is 316 g/mol. The zero-order chi connectivity index (χ0) is 19.1. The van der Waals surface area contributed by atoms with Crippen molar-refractivity contribution in [2.24, 2.45) is 5.92 Å². The molecule has 4 heteroatoms. The number of carboxylic acids is 1. The third-order valence-corrected chi connectivity index (χ3v) is 4.41. The summed E-state index contributed by atoms with van der Waals surface area (Å²) in [5, 5.41) is 9.84. The highest BCUT2D eigenvalue weighted by Gasteiger charge is 2.41. The fourth-order valence-electron chi connectivity index (χ4n) is 2.95. The Morgan fingerprint density at radius 1 is 1.16 bits per heavy atom. The summed E-state index contributed by atoms with van der Waals surface area (Å²) in [6, 6.07) is 9.24. The number of benzene rings is 1. The van der Waals surface area contributed by atoms with Gasteiger partial charge in [-0.1, -0.05) is 42.8 Å². The molecule has 0 bridgehead atoms. The Hall–Kier alpha value is -2.10. The average Bonchev–Trinajstić information content (AvgIpc) is 2.53. The highest BCUT2D eigenvalue weighted by Crippen LogP contribution is 2.36. The van der Waals surface area contributed by atoms with Gasteiger partial charge in [0.2, 0.25) is 0 Å². The van der Waals surface area contributed by atoms with Crippen LogP contribution in [0.2, 0.25) is 0 Å². The smallest absolute Gasteiger partial charge is 0.314 e. The van der Waals surface area contributed by atoms with Crippen LogP contribution in [0, 0.1) is 5.92 Å². The van der Waals surface area contributed by atoms with E-state index in [1.165, 1.54) is 0 Å². The van der Waals surface area contributed by atoms with E-state index in [4.69, 9.17) is 4.74 Å². The largest absolute Gasteiger partial charge is 0.481 e. The third-order valence-electron chi connectivity index (χ3n) is 4.41. The number of esters is 1. The minimum absolute atomic E-state index is 0.216. The number of carbonyl (C=O) groups is 2. The molecule has 0 fully saturated rings. The van der Waals surface area contributed by atoms with Crippen LogP contribution in [0.3, 0.4) is 0 Å². The molecule has 2 atom stereocenters. The second-order valence-corrected chi connectivity index (χ2v) is 7.55. The fourth-order valence-corrected chi connectivity index (χ4v) is 2.95. The molecule has 1 N–H and O–H groups in total. The average molecular weight is 346 g/mol. The van der Waals surface area contributed by atoms with E-state index in [1.807, 2.05) is 51.1 Å². The van der Waals surface area contributed by atoms with Gasteiger partial charge in [0.05, 0.1) is 5.41 Å². The lowest BCUT2D eigenvalue weighted by Gasteiger charge is -2.32. The van der Waals surface area contributed by atoms with Crippen molar-refractivity contribution in [3.05, 3.63) is 48.6 Å². The molecular formula is C21H30O4. The topological polar surface area (TPSA) is 63.6 Å². The molecule has 0 saturated carbocycles. The van der Waals surface area contributed by atoms with Crippen molar-refractivity contribution in [2.45, 2.75) is 64.4 Å². The molecule has 0 aliphatic rings. The van der Waals surface area contributed by atoms with Crippen molar-refractivity contribution in [1.29, 1.82) is 0 Å². The van der Waals surface area contributed by atoms with Gasteiger partial charge in [-0.15, -0.1) is 6.58 Å². The van der Waals surface area contributed by atoms with Crippen LogP contribution in [0.4, 0.5) is 0 Å². The maximum absolute atomic E-state index is 12.0. The van der Waals surface area contributed by atoms with Gasteiger partial charge in [-0.2, -0.15) is 0 Å². The van der Waals surface area contributed by atoms with Crippen LogP contribution in [0.15, 0.2) is 43.0 Å². The Morgan fingerprint density at radius 2 is 1.76 bits per heavy atom. The summed E-state index contributed by atoms with van der Waals surface area (Å²) >= 11 is 0. The van der Waals surface area contributed by atoms with E-state index in [-0.39, 0.29) is 11.9 Å². The molecule has 1 rings (SSSR count). The molecule has 0 aliphatic heterocycles. The van der Waals surface area contributed by atoms with E-state index >= 15 is 0 Å². The first-order chi connectivity index (χ1) is 11.6. The van der Waals surface area contributed by atoms with Gasteiger partial charge in [-0.25, -0.2) is 0 Å². The normalized spacial score (nSPS) is 15.0. The van der Waals surface area contributed by atoms with E-state index in [2.05, 4.69) is 6.58 Å². The molecule has 0 amide bonds. The van der Waals surface area contributed by atoms with Crippen molar-refractivity contribution >= 4 is 11.9 Å². The minimum atomic E-state index is -1.03. The molecule has 0 radical (unpaired) electrons. The van der Waals surface area contributed by atoms with Crippen molar-refractivity contribution in [1.82, 2.24) is 0 Å². The zero-order valence-electron chi connectivity index (χ0n) is 15.7. The summed E-state index contributed by atoms with van der Waals surface area (Å²) in [6.07, 6.45) is 4.13. The van der Waals surface area contributed by atoms with Crippen LogP contribution in [0.5, 0.6) is 0 Å². The molecule has 0 spiro atoms. The van der Waals surface area contributed by atoms with Crippen LogP contribution in [-0.2, 0) is 19.7 Å². The first-order valence-electron chi connectivity index (χ1n) is 8.74. The number of hydrogen-bond acceptors (Lipinski definition) is 3. The Bertz CT molecular complexity index is 586. The number of unbranched alkanes of at least 4 members (excludes halogenated alkanes) is 1. The second kappa shape index (κ2) is 8.84. The summed E-state index contributed by atoms with van der Waals surface area (Å²) in [5.41, 5.74) is -0.746. The molecule has 0 aromatic heterocycles. The number of rotatable bonds is 9. The van der Waals surface area contributed by atoms with Crippen LogP contribution < -0.4 is 0 Å². The molecule has 4 nitrogen and oxygen atoms in total. The first-order valence-corrected chi connectivity index (χ1v) is 8.74. The zero-order valence-corrected chi connectivity index (χ0v) is 15.7. The van der Waals surface area contributed by atoms with E-state index in [0.29, 0.717) is 19.3 Å². The van der Waals surface area contributed by atoms with E-state index in [9.17, 15) is 14.7 Å². The van der Waals surface area contributed by atoms with Gasteiger partial charge in [0.1, 0.15) is 5.60 Å². The summed E-state index contributed by atoms with van der Waals surface area (Å²) in [6.45, 7) is 11.1. The first kappa shape index (κ1) is 20.9. The summed E-state index contributed by atoms with van der Waals surface area (Å²) in [7, 11) is 0. The van der Waals surface area contributed by atoms with Crippen LogP contribution >= 0.6 is 0 Å². The molecule has 0 unspecified atom stereocenters. The van der Waals surface area contributed by atoms with Crippen LogP contribution in [-0.4, -0.2) is 22.6 Å². The summed E-state index contributed by atoms with van der Waals surface area (Å²) < 4.78 is 5.29. The highest BCUT2D eigenvalue weighted by atomic mass is 16.6. The van der Waals surface area contributed by atoms with Crippen molar-refractivity contribution in [2.75, 3.05) is 0 Å². The molecule has 25 heavy (non-hydrogen) atoms. The van der Waals surface area contributed by atoms with Gasteiger partial charge in [-0.3, -0.25) is 9.59 Å². The van der Waals surface area contributed by atoms with Crippen molar-refractivity contribution < 1.29 is 19.4 Å². The predicted molar refractivity (Wildman–Crippen MR) is 99.4 cm³/mol. The Morgan fingerprint density at radius 3 is 2.24 bits per heavy atom. The van der Waals surface area contributed by atoms with E-state index in [1.54, 1.807) is 13.0 Å². The summed E-state index contributed by atoms with van der Waals surface area (Å²) in [4.78, 5) is 23.8. The molecule has 138 valence electrons. The Labute approximate surface area is 150 Å². The second-order valence-electron chi connectivity index (χ2n) is 7.55. The standard InChI is InChI=1S/C21H30O4/c1-6-16(12-10-11-15-18(22)25-20(2,3)4)21(5,19(23)24)17-13-8-7-9-14-17/h6-9,13-14,16H,1,10-12,15H2,2-5H3,(H,23,24)/t16-,21-/m0/s1. The lowest BCUT2D eigenvalue weighted by atomic mass is 9.70. The van der Waals surface area contributed by atoms with Crippen molar-refractivity contribution in [3.63, 3.8) is 0 Å². The summed E-state index contributed by atoms with van der Waals surface area (Å²) in [5.74, 6) is -1.30. The van der Waals surface area contributed by atoms with Crippen LogP contribution in [0.25, 0.3) is 0 Å². The van der Waals surface area contributed by atoms with Gasteiger partial charge in [-0.05, 0) is 52.0 Å². The molecule has 1 aromatic rings. The van der Waals surface area contributed by atoms with Gasteiger partial charge < -0.3 is 9.84 Å². The lowest BCUT2D eigenvalue weighted by Crippen LogP contribution is -2.39. The molecule has 0 heterocycles. The van der Waals surface area contributed by atoms with E-state index < -0.39 is 17.0 Å². The fraction of sp³-hybridized carbons (Fsp3) is 0.524. The third kappa shape index (κ3) is 6.04. The van der Waals surface area contributed by atoms with E-state index in [0.717, 1.165) is 12.0 Å². The molecule has 0 saturated heterocycles. The number of allylic oxidation sites excluding steroid dienone is 1. The number of carbonyl (C=O) groups excluding carboxylic acids is 1. The number of hydrogen-bond donors (Lipinski definition) is 1. The highest BCUT2D eigenvalue weighted by molar-refractivity contribution is 5.81. The van der Waals surface area contributed by atoms with Gasteiger partial charge in [0.25, 0.3) is 0 Å². The minimum Gasteiger partial charge on any atom is -0.481 e. The quantitative estimate of drug-likeness (QED) is 0.399. The van der Waals surface area contributed by atoms with Gasteiger partial charge >= 0.3 is 11.9 Å². The Kier molecular flexibility index (Phi) is 7.40. The van der Waals surface area contributed by atoms with Gasteiger partial charge in [0, 0.05) is 6.42 Å².